The Balaban J connectivity index is 2.22. The Morgan fingerprint density at radius 2 is 2.11 bits per heavy atom. The molecule has 2 aliphatic rings. The third kappa shape index (κ3) is 0.805. The van der Waals surface area contributed by atoms with Crippen LogP contribution in [0.1, 0.15) is 25.7 Å². The van der Waals surface area contributed by atoms with Gasteiger partial charge in [-0.2, -0.15) is 0 Å². The fraction of sp³-hybridized carbons (Fsp3) is 0.625. The maximum Gasteiger partial charge on any atom is 0.0580 e. The van der Waals surface area contributed by atoms with Gasteiger partial charge < -0.3 is 0 Å². The van der Waals surface area contributed by atoms with Gasteiger partial charge in [-0.3, -0.25) is 4.99 Å². The Morgan fingerprint density at radius 1 is 1.22 bits per heavy atom. The molecule has 0 atom stereocenters. The maximum atomic E-state index is 4.38. The molecular formula is C8H11N. The fourth-order valence-corrected chi connectivity index (χ4v) is 1.58. The number of hydrogen-bond acceptors (Lipinski definition) is 1. The van der Waals surface area contributed by atoms with E-state index in [1.165, 1.54) is 31.4 Å². The van der Waals surface area contributed by atoms with Crippen LogP contribution in [0.3, 0.4) is 0 Å². The molecule has 1 aliphatic carbocycles. The van der Waals surface area contributed by atoms with Crippen LogP contribution in [0.2, 0.25) is 0 Å². The van der Waals surface area contributed by atoms with Crippen LogP contribution in [-0.2, 0) is 0 Å². The molecule has 0 spiro atoms. The van der Waals surface area contributed by atoms with Gasteiger partial charge in [0.1, 0.15) is 0 Å². The molecule has 1 fully saturated rings. The van der Waals surface area contributed by atoms with Crippen LogP contribution >= 0.6 is 0 Å². The van der Waals surface area contributed by atoms with E-state index in [1.807, 2.05) is 0 Å². The van der Waals surface area contributed by atoms with Crippen LogP contribution < -0.4 is 0 Å². The average molecular weight is 121 g/mol. The molecule has 1 saturated carbocycles. The molecule has 0 aromatic rings. The molecule has 0 bridgehead atoms. The number of hydrogen-bond donors (Lipinski definition) is 0. The summed E-state index contributed by atoms with van der Waals surface area (Å²) in [6.07, 6.45) is 7.54. The van der Waals surface area contributed by atoms with Crippen molar-refractivity contribution in [2.75, 3.05) is 6.54 Å². The Hall–Kier alpha value is -0.590. The molecule has 0 aromatic carbocycles. The van der Waals surface area contributed by atoms with Crippen LogP contribution in [0.25, 0.3) is 0 Å². The predicted molar refractivity (Wildman–Crippen MR) is 38.9 cm³/mol. The minimum absolute atomic E-state index is 0.963. The SMILES string of the molecule is C1=C2CCCCC2=NC1. The van der Waals surface area contributed by atoms with E-state index in [-0.39, 0.29) is 0 Å². The van der Waals surface area contributed by atoms with E-state index < -0.39 is 0 Å². The molecule has 0 aromatic heterocycles. The Kier molecular flexibility index (Phi) is 1.15. The molecule has 9 heavy (non-hydrogen) atoms. The van der Waals surface area contributed by atoms with Gasteiger partial charge in [-0.25, -0.2) is 0 Å². The van der Waals surface area contributed by atoms with Crippen molar-refractivity contribution < 1.29 is 0 Å². The van der Waals surface area contributed by atoms with E-state index in [2.05, 4.69) is 11.1 Å². The van der Waals surface area contributed by atoms with Gasteiger partial charge in [0, 0.05) is 5.71 Å². The van der Waals surface area contributed by atoms with Crippen LogP contribution in [0.15, 0.2) is 16.6 Å². The normalized spacial score (nSPS) is 24.9. The van der Waals surface area contributed by atoms with Gasteiger partial charge in [0.2, 0.25) is 0 Å². The summed E-state index contributed by atoms with van der Waals surface area (Å²) in [5.74, 6) is 0. The highest BCUT2D eigenvalue weighted by Crippen LogP contribution is 2.23. The van der Waals surface area contributed by atoms with E-state index >= 15 is 0 Å². The first-order chi connectivity index (χ1) is 4.47. The molecule has 0 unspecified atom stereocenters. The third-order valence-corrected chi connectivity index (χ3v) is 2.10. The molecule has 0 amide bonds. The molecule has 2 rings (SSSR count). The zero-order valence-electron chi connectivity index (χ0n) is 5.56. The first-order valence-corrected chi connectivity index (χ1v) is 3.69. The molecule has 0 N–H and O–H groups in total. The number of aliphatic imine (C=N–C) groups is 1. The van der Waals surface area contributed by atoms with E-state index in [9.17, 15) is 0 Å². The lowest BCUT2D eigenvalue weighted by Crippen LogP contribution is -2.05. The van der Waals surface area contributed by atoms with Crippen molar-refractivity contribution in [2.45, 2.75) is 25.7 Å². The minimum Gasteiger partial charge on any atom is -0.285 e. The van der Waals surface area contributed by atoms with E-state index in [4.69, 9.17) is 0 Å². The molecule has 48 valence electrons. The average Bonchev–Trinajstić information content (AvgIpc) is 2.33. The third-order valence-electron chi connectivity index (χ3n) is 2.10. The van der Waals surface area contributed by atoms with Crippen LogP contribution in [0.4, 0.5) is 0 Å². The summed E-state index contributed by atoms with van der Waals surface area (Å²) in [6.45, 7) is 0.963. The lowest BCUT2D eigenvalue weighted by Gasteiger charge is -2.11. The van der Waals surface area contributed by atoms with Crippen LogP contribution in [0.5, 0.6) is 0 Å². The highest BCUT2D eigenvalue weighted by atomic mass is 14.8. The Morgan fingerprint density at radius 3 is 3.00 bits per heavy atom. The van der Waals surface area contributed by atoms with Gasteiger partial charge in [-0.05, 0) is 31.3 Å². The topological polar surface area (TPSA) is 12.4 Å². The molecule has 0 saturated heterocycles. The van der Waals surface area contributed by atoms with Gasteiger partial charge in [-0.1, -0.05) is 6.08 Å². The quantitative estimate of drug-likeness (QED) is 0.464. The second-order valence-electron chi connectivity index (χ2n) is 2.72. The van der Waals surface area contributed by atoms with Crippen molar-refractivity contribution >= 4 is 5.71 Å². The first kappa shape index (κ1) is 5.21. The monoisotopic (exact) mass is 121 g/mol. The summed E-state index contributed by atoms with van der Waals surface area (Å²) >= 11 is 0. The summed E-state index contributed by atoms with van der Waals surface area (Å²) in [5, 5.41) is 0. The summed E-state index contributed by atoms with van der Waals surface area (Å²) in [5.41, 5.74) is 2.95. The largest absolute Gasteiger partial charge is 0.285 e. The lowest BCUT2D eigenvalue weighted by molar-refractivity contribution is 0.736. The summed E-state index contributed by atoms with van der Waals surface area (Å²) in [6, 6.07) is 0. The molecule has 0 radical (unpaired) electrons. The zero-order chi connectivity index (χ0) is 6.10. The maximum absolute atomic E-state index is 4.38. The number of rotatable bonds is 0. The van der Waals surface area contributed by atoms with Gasteiger partial charge in [0.15, 0.2) is 0 Å². The fourth-order valence-electron chi connectivity index (χ4n) is 1.58. The summed E-state index contributed by atoms with van der Waals surface area (Å²) in [4.78, 5) is 4.38. The van der Waals surface area contributed by atoms with Crippen molar-refractivity contribution in [1.29, 1.82) is 0 Å². The van der Waals surface area contributed by atoms with E-state index in [0.717, 1.165) is 6.54 Å². The number of allylic oxidation sites excluding steroid dienone is 1. The highest BCUT2D eigenvalue weighted by molar-refractivity contribution is 6.02. The second kappa shape index (κ2) is 1.98. The highest BCUT2D eigenvalue weighted by Gasteiger charge is 2.14. The molecule has 1 heterocycles. The van der Waals surface area contributed by atoms with Gasteiger partial charge in [-0.15, -0.1) is 0 Å². The van der Waals surface area contributed by atoms with Crippen LogP contribution in [-0.4, -0.2) is 12.3 Å². The Labute approximate surface area is 55.5 Å². The lowest BCUT2D eigenvalue weighted by atomic mass is 9.94. The van der Waals surface area contributed by atoms with Gasteiger partial charge in [0.05, 0.1) is 6.54 Å². The van der Waals surface area contributed by atoms with Crippen molar-refractivity contribution in [3.63, 3.8) is 0 Å². The number of nitrogens with zero attached hydrogens (tertiary/aromatic N) is 1. The van der Waals surface area contributed by atoms with Gasteiger partial charge in [0.25, 0.3) is 0 Å². The summed E-state index contributed by atoms with van der Waals surface area (Å²) in [7, 11) is 0. The summed E-state index contributed by atoms with van der Waals surface area (Å²) < 4.78 is 0. The number of fused-ring (bicyclic) bond motifs is 1. The predicted octanol–water partition coefficient (Wildman–Crippen LogP) is 1.94. The van der Waals surface area contributed by atoms with Crippen molar-refractivity contribution in [2.24, 2.45) is 4.99 Å². The van der Waals surface area contributed by atoms with Gasteiger partial charge >= 0.3 is 0 Å². The zero-order valence-corrected chi connectivity index (χ0v) is 5.56. The standard InChI is InChI=1S/C8H11N/c1-2-4-8-7(3-1)5-6-9-8/h5H,1-4,6H2. The van der Waals surface area contributed by atoms with E-state index in [1.54, 1.807) is 5.57 Å². The van der Waals surface area contributed by atoms with Crippen molar-refractivity contribution in [3.05, 3.63) is 11.6 Å². The van der Waals surface area contributed by atoms with Crippen molar-refractivity contribution in [1.82, 2.24) is 0 Å². The first-order valence-electron chi connectivity index (χ1n) is 3.69. The smallest absolute Gasteiger partial charge is 0.0580 e. The van der Waals surface area contributed by atoms with Crippen LogP contribution in [0, 0.1) is 0 Å². The second-order valence-corrected chi connectivity index (χ2v) is 2.72. The molecule has 1 nitrogen and oxygen atoms in total. The van der Waals surface area contributed by atoms with E-state index in [0.29, 0.717) is 0 Å². The Bertz CT molecular complexity index is 157. The molecule has 1 heteroatoms. The van der Waals surface area contributed by atoms with Crippen molar-refractivity contribution in [3.8, 4) is 0 Å². The molecule has 1 aliphatic heterocycles. The molecular weight excluding hydrogens is 110 g/mol. The minimum atomic E-state index is 0.963.